The van der Waals surface area contributed by atoms with E-state index in [0.717, 1.165) is 29.2 Å². The van der Waals surface area contributed by atoms with Gasteiger partial charge in [0, 0.05) is 0 Å². The number of nitrogens with one attached hydrogen (secondary N) is 1. The standard InChI is InChI=1S/C19H22N2O4S/c1-11-18(26-12(2)20-11)19(23)25-10-16(22)21-17(13-4-5-13)14-6-8-15(24-3)9-7-14/h6-9,13,17H,4-5,10H2,1-3H3,(H,21,22). The van der Waals surface area contributed by atoms with E-state index in [1.807, 2.05) is 31.2 Å². The summed E-state index contributed by atoms with van der Waals surface area (Å²) in [6, 6.07) is 7.60. The number of rotatable bonds is 7. The average Bonchev–Trinajstić information content (AvgIpc) is 3.41. The van der Waals surface area contributed by atoms with Gasteiger partial charge in [-0.3, -0.25) is 4.79 Å². The highest BCUT2D eigenvalue weighted by Crippen LogP contribution is 2.41. The Morgan fingerprint density at radius 2 is 1.96 bits per heavy atom. The van der Waals surface area contributed by atoms with E-state index in [0.29, 0.717) is 16.5 Å². The number of hydrogen-bond acceptors (Lipinski definition) is 6. The average molecular weight is 374 g/mol. The zero-order valence-corrected chi connectivity index (χ0v) is 15.9. The first-order chi connectivity index (χ1) is 12.5. The van der Waals surface area contributed by atoms with Gasteiger partial charge in [-0.2, -0.15) is 0 Å². The molecule has 138 valence electrons. The molecule has 1 saturated carbocycles. The molecule has 0 aliphatic heterocycles. The summed E-state index contributed by atoms with van der Waals surface area (Å²) in [6.07, 6.45) is 2.16. The molecule has 1 N–H and O–H groups in total. The zero-order chi connectivity index (χ0) is 18.7. The number of ether oxygens (including phenoxy) is 2. The van der Waals surface area contributed by atoms with Crippen LogP contribution in [0.3, 0.4) is 0 Å². The van der Waals surface area contributed by atoms with Crippen LogP contribution < -0.4 is 10.1 Å². The molecule has 26 heavy (non-hydrogen) atoms. The van der Waals surface area contributed by atoms with Gasteiger partial charge < -0.3 is 14.8 Å². The summed E-state index contributed by atoms with van der Waals surface area (Å²) in [5, 5.41) is 3.79. The first-order valence-electron chi connectivity index (χ1n) is 8.52. The number of benzene rings is 1. The van der Waals surface area contributed by atoms with Crippen molar-refractivity contribution in [3.8, 4) is 5.75 Å². The van der Waals surface area contributed by atoms with Gasteiger partial charge in [0.1, 0.15) is 10.6 Å². The lowest BCUT2D eigenvalue weighted by atomic mass is 10.0. The maximum absolute atomic E-state index is 12.3. The quantitative estimate of drug-likeness (QED) is 0.753. The Kier molecular flexibility index (Phi) is 5.56. The van der Waals surface area contributed by atoms with Crippen molar-refractivity contribution >= 4 is 23.2 Å². The van der Waals surface area contributed by atoms with Gasteiger partial charge in [-0.1, -0.05) is 12.1 Å². The molecule has 1 aliphatic carbocycles. The third-order valence-electron chi connectivity index (χ3n) is 4.31. The number of hydrogen-bond donors (Lipinski definition) is 1. The highest BCUT2D eigenvalue weighted by atomic mass is 32.1. The lowest BCUT2D eigenvalue weighted by molar-refractivity contribution is -0.125. The van der Waals surface area contributed by atoms with E-state index in [-0.39, 0.29) is 18.6 Å². The lowest BCUT2D eigenvalue weighted by Crippen LogP contribution is -2.33. The predicted octanol–water partition coefficient (Wildman–Crippen LogP) is 3.19. The molecule has 0 saturated heterocycles. The lowest BCUT2D eigenvalue weighted by Gasteiger charge is -2.19. The smallest absolute Gasteiger partial charge is 0.350 e. The van der Waals surface area contributed by atoms with Gasteiger partial charge in [0.05, 0.1) is 23.9 Å². The van der Waals surface area contributed by atoms with E-state index in [1.54, 1.807) is 14.0 Å². The molecular formula is C19H22N2O4S. The minimum atomic E-state index is -0.504. The van der Waals surface area contributed by atoms with Crippen molar-refractivity contribution in [2.75, 3.05) is 13.7 Å². The molecule has 0 radical (unpaired) electrons. The number of aromatic nitrogens is 1. The van der Waals surface area contributed by atoms with E-state index < -0.39 is 5.97 Å². The minimum Gasteiger partial charge on any atom is -0.497 e. The second kappa shape index (κ2) is 7.86. The van der Waals surface area contributed by atoms with Crippen molar-refractivity contribution in [1.82, 2.24) is 10.3 Å². The Morgan fingerprint density at radius 3 is 2.50 bits per heavy atom. The second-order valence-corrected chi connectivity index (χ2v) is 7.58. The van der Waals surface area contributed by atoms with Crippen molar-refractivity contribution in [3.05, 3.63) is 45.4 Å². The number of nitrogens with zero attached hydrogens (tertiary/aromatic N) is 1. The number of esters is 1. The molecule has 6 nitrogen and oxygen atoms in total. The minimum absolute atomic E-state index is 0.0699. The summed E-state index contributed by atoms with van der Waals surface area (Å²) in [7, 11) is 1.62. The Labute approximate surface area is 156 Å². The molecule has 3 rings (SSSR count). The summed E-state index contributed by atoms with van der Waals surface area (Å²) in [6.45, 7) is 3.29. The van der Waals surface area contributed by atoms with Crippen molar-refractivity contribution in [1.29, 1.82) is 0 Å². The van der Waals surface area contributed by atoms with Crippen LogP contribution in [0.2, 0.25) is 0 Å². The molecule has 1 fully saturated rings. The van der Waals surface area contributed by atoms with Crippen LogP contribution in [0.1, 0.15) is 44.8 Å². The van der Waals surface area contributed by atoms with Crippen LogP contribution >= 0.6 is 11.3 Å². The van der Waals surface area contributed by atoms with Crippen LogP contribution in [-0.4, -0.2) is 30.6 Å². The Balaban J connectivity index is 1.58. The maximum atomic E-state index is 12.3. The summed E-state index contributed by atoms with van der Waals surface area (Å²) < 4.78 is 10.3. The summed E-state index contributed by atoms with van der Waals surface area (Å²) in [5.74, 6) is 0.397. The highest BCUT2D eigenvalue weighted by Gasteiger charge is 2.33. The van der Waals surface area contributed by atoms with E-state index in [4.69, 9.17) is 9.47 Å². The summed E-state index contributed by atoms with van der Waals surface area (Å²) in [4.78, 5) is 29.0. The van der Waals surface area contributed by atoms with E-state index in [1.165, 1.54) is 11.3 Å². The topological polar surface area (TPSA) is 77.5 Å². The molecule has 1 amide bonds. The number of amides is 1. The molecule has 0 bridgehead atoms. The molecule has 1 heterocycles. The van der Waals surface area contributed by atoms with Gasteiger partial charge in [-0.15, -0.1) is 11.3 Å². The van der Waals surface area contributed by atoms with Crippen LogP contribution in [0.5, 0.6) is 5.75 Å². The SMILES string of the molecule is COc1ccc(C(NC(=O)COC(=O)c2sc(C)nc2C)C2CC2)cc1. The fraction of sp³-hybridized carbons (Fsp3) is 0.421. The molecule has 7 heteroatoms. The van der Waals surface area contributed by atoms with Crippen molar-refractivity contribution in [3.63, 3.8) is 0 Å². The van der Waals surface area contributed by atoms with Gasteiger partial charge in [0.25, 0.3) is 5.91 Å². The van der Waals surface area contributed by atoms with Crippen LogP contribution in [0.15, 0.2) is 24.3 Å². The van der Waals surface area contributed by atoms with Gasteiger partial charge in [0.15, 0.2) is 6.61 Å². The first-order valence-corrected chi connectivity index (χ1v) is 9.34. The van der Waals surface area contributed by atoms with Crippen LogP contribution in [0.25, 0.3) is 0 Å². The monoisotopic (exact) mass is 374 g/mol. The number of thiazole rings is 1. The Bertz CT molecular complexity index is 796. The summed E-state index contributed by atoms with van der Waals surface area (Å²) >= 11 is 1.27. The van der Waals surface area contributed by atoms with Crippen molar-refractivity contribution in [2.45, 2.75) is 32.7 Å². The third-order valence-corrected chi connectivity index (χ3v) is 5.36. The maximum Gasteiger partial charge on any atom is 0.350 e. The predicted molar refractivity (Wildman–Crippen MR) is 98.5 cm³/mol. The fourth-order valence-electron chi connectivity index (χ4n) is 2.85. The zero-order valence-electron chi connectivity index (χ0n) is 15.1. The van der Waals surface area contributed by atoms with E-state index in [2.05, 4.69) is 10.3 Å². The van der Waals surface area contributed by atoms with Crippen LogP contribution in [-0.2, 0) is 9.53 Å². The molecule has 1 aromatic carbocycles. The highest BCUT2D eigenvalue weighted by molar-refractivity contribution is 7.13. The van der Waals surface area contributed by atoms with E-state index in [9.17, 15) is 9.59 Å². The third kappa shape index (κ3) is 4.40. The molecule has 2 aromatic rings. The molecule has 1 aromatic heterocycles. The first kappa shape index (κ1) is 18.4. The number of aryl methyl sites for hydroxylation is 2. The second-order valence-electron chi connectivity index (χ2n) is 6.38. The van der Waals surface area contributed by atoms with Gasteiger partial charge in [-0.05, 0) is 50.3 Å². The van der Waals surface area contributed by atoms with Crippen molar-refractivity contribution < 1.29 is 19.1 Å². The number of methoxy groups -OCH3 is 1. The van der Waals surface area contributed by atoms with Crippen LogP contribution in [0, 0.1) is 19.8 Å². The Hall–Kier alpha value is -2.41. The largest absolute Gasteiger partial charge is 0.497 e. The number of carbonyl (C=O) groups excluding carboxylic acids is 2. The normalized spacial score (nSPS) is 14.6. The molecule has 0 spiro atoms. The van der Waals surface area contributed by atoms with Crippen LogP contribution in [0.4, 0.5) is 0 Å². The molecule has 1 unspecified atom stereocenters. The Morgan fingerprint density at radius 1 is 1.27 bits per heavy atom. The fourth-order valence-corrected chi connectivity index (χ4v) is 3.66. The molecular weight excluding hydrogens is 352 g/mol. The molecule has 1 atom stereocenters. The number of carbonyl (C=O) groups is 2. The summed E-state index contributed by atoms with van der Waals surface area (Å²) in [5.41, 5.74) is 1.66. The van der Waals surface area contributed by atoms with Gasteiger partial charge in [-0.25, -0.2) is 9.78 Å². The van der Waals surface area contributed by atoms with Crippen molar-refractivity contribution in [2.24, 2.45) is 5.92 Å². The van der Waals surface area contributed by atoms with E-state index >= 15 is 0 Å². The van der Waals surface area contributed by atoms with Gasteiger partial charge in [0.2, 0.25) is 0 Å². The van der Waals surface area contributed by atoms with Gasteiger partial charge >= 0.3 is 5.97 Å². The molecule has 1 aliphatic rings.